The molecule has 2 heteroatoms. The second-order valence-electron chi connectivity index (χ2n) is 3.05. The highest BCUT2D eigenvalue weighted by molar-refractivity contribution is 4.55. The van der Waals surface area contributed by atoms with Gasteiger partial charge in [-0.2, -0.15) is 0 Å². The number of hydrogen-bond donors (Lipinski definition) is 2. The number of nitrogens with one attached hydrogen (secondary N) is 1. The van der Waals surface area contributed by atoms with E-state index in [9.17, 15) is 0 Å². The van der Waals surface area contributed by atoms with Crippen LogP contribution in [-0.2, 0) is 0 Å². The van der Waals surface area contributed by atoms with E-state index in [0.29, 0.717) is 6.04 Å². The van der Waals surface area contributed by atoms with E-state index in [0.717, 1.165) is 0 Å². The van der Waals surface area contributed by atoms with Crippen LogP contribution in [0.25, 0.3) is 0 Å². The van der Waals surface area contributed by atoms with Crippen molar-refractivity contribution in [3.8, 4) is 0 Å². The summed E-state index contributed by atoms with van der Waals surface area (Å²) in [6.07, 6.45) is 4.22. The lowest BCUT2D eigenvalue weighted by atomic mass is 10.2. The lowest BCUT2D eigenvalue weighted by Crippen LogP contribution is -2.21. The molecule has 1 aliphatic heterocycles. The molecule has 1 aliphatic rings. The van der Waals surface area contributed by atoms with Gasteiger partial charge in [0, 0.05) is 2.85 Å². The Balaban J connectivity index is -0.000000124. The van der Waals surface area contributed by atoms with Crippen LogP contribution in [0.1, 0.15) is 36.0 Å². The summed E-state index contributed by atoms with van der Waals surface area (Å²) in [6.45, 7) is 6.39. The summed E-state index contributed by atoms with van der Waals surface area (Å²) in [5.41, 5.74) is 5.11. The Morgan fingerprint density at radius 2 is 1.60 bits per heavy atom. The van der Waals surface area contributed by atoms with E-state index >= 15 is 0 Å². The Morgan fingerprint density at radius 1 is 1.20 bits per heavy atom. The second kappa shape index (κ2) is 7.03. The first kappa shape index (κ1) is 9.92. The van der Waals surface area contributed by atoms with E-state index in [2.05, 4.69) is 5.32 Å². The van der Waals surface area contributed by atoms with Gasteiger partial charge in [0.05, 0.1) is 0 Å². The maximum atomic E-state index is 5.11. The van der Waals surface area contributed by atoms with Gasteiger partial charge < -0.3 is 11.1 Å². The molecule has 0 amide bonds. The Labute approximate surface area is 67.2 Å². The van der Waals surface area contributed by atoms with Crippen molar-refractivity contribution in [2.24, 2.45) is 5.73 Å². The molecule has 2 nitrogen and oxygen atoms in total. The molecule has 66 valence electrons. The number of piperidine rings is 1. The molecule has 1 saturated heterocycles. The summed E-state index contributed by atoms with van der Waals surface area (Å²) >= 11 is 0. The standard InChI is InChI=1S/C5H11N.C3H9N.2H2/c1-2-4-6-5-3-1;1-3(2)4;;/h6H,1-5H2;3H,4H2,1-2H3;2*1H. The molecule has 0 aromatic heterocycles. The summed E-state index contributed by atoms with van der Waals surface area (Å²) < 4.78 is 0. The van der Waals surface area contributed by atoms with Gasteiger partial charge in [-0.3, -0.25) is 0 Å². The molecular formula is C8H24N2. The van der Waals surface area contributed by atoms with Crippen molar-refractivity contribution in [2.75, 3.05) is 13.1 Å². The molecule has 0 aromatic carbocycles. The van der Waals surface area contributed by atoms with E-state index in [1.807, 2.05) is 13.8 Å². The Kier molecular flexibility index (Phi) is 6.98. The van der Waals surface area contributed by atoms with E-state index in [4.69, 9.17) is 5.73 Å². The lowest BCUT2D eigenvalue weighted by Gasteiger charge is -2.08. The maximum absolute atomic E-state index is 5.11. The summed E-state index contributed by atoms with van der Waals surface area (Å²) in [7, 11) is 0. The van der Waals surface area contributed by atoms with Gasteiger partial charge in [0.15, 0.2) is 0 Å². The van der Waals surface area contributed by atoms with Crippen molar-refractivity contribution in [2.45, 2.75) is 39.2 Å². The van der Waals surface area contributed by atoms with Crippen LogP contribution < -0.4 is 11.1 Å². The lowest BCUT2D eigenvalue weighted by molar-refractivity contribution is 0.520. The highest BCUT2D eigenvalue weighted by Crippen LogP contribution is 1.96. The molecule has 0 aromatic rings. The molecule has 1 fully saturated rings. The SMILES string of the molecule is C1CCNCC1.CC(C)N.[HH].[HH]. The molecule has 0 unspecified atom stereocenters. The first-order chi connectivity index (χ1) is 4.73. The fraction of sp³-hybridized carbons (Fsp3) is 1.00. The molecule has 0 radical (unpaired) electrons. The molecule has 0 bridgehead atoms. The van der Waals surface area contributed by atoms with Crippen molar-refractivity contribution in [1.82, 2.24) is 5.32 Å². The zero-order valence-electron chi connectivity index (χ0n) is 7.19. The van der Waals surface area contributed by atoms with Crippen LogP contribution in [0.4, 0.5) is 0 Å². The highest BCUT2D eigenvalue weighted by atomic mass is 14.9. The molecule has 1 rings (SSSR count). The molecular weight excluding hydrogens is 124 g/mol. The van der Waals surface area contributed by atoms with Crippen molar-refractivity contribution in [3.05, 3.63) is 0 Å². The van der Waals surface area contributed by atoms with Crippen LogP contribution in [0, 0.1) is 0 Å². The van der Waals surface area contributed by atoms with Crippen LogP contribution in [0.3, 0.4) is 0 Å². The van der Waals surface area contributed by atoms with E-state index in [1.54, 1.807) is 0 Å². The zero-order valence-corrected chi connectivity index (χ0v) is 7.19. The van der Waals surface area contributed by atoms with Crippen molar-refractivity contribution in [1.29, 1.82) is 0 Å². The van der Waals surface area contributed by atoms with Crippen LogP contribution in [0.2, 0.25) is 0 Å². The van der Waals surface area contributed by atoms with Gasteiger partial charge in [0.2, 0.25) is 0 Å². The molecule has 10 heavy (non-hydrogen) atoms. The fourth-order valence-corrected chi connectivity index (χ4v) is 0.802. The summed E-state index contributed by atoms with van der Waals surface area (Å²) in [5, 5.41) is 3.28. The average Bonchev–Trinajstić information content (AvgIpc) is 1.90. The van der Waals surface area contributed by atoms with Crippen LogP contribution in [0.5, 0.6) is 0 Å². The Bertz CT molecular complexity index is 51.8. The third kappa shape index (κ3) is 10.8. The molecule has 1 heterocycles. The first-order valence-corrected chi connectivity index (χ1v) is 4.20. The smallest absolute Gasteiger partial charge is 0 e. The van der Waals surface area contributed by atoms with Crippen LogP contribution >= 0.6 is 0 Å². The summed E-state index contributed by atoms with van der Waals surface area (Å²) in [4.78, 5) is 0. The Hall–Kier alpha value is -0.0800. The van der Waals surface area contributed by atoms with Gasteiger partial charge in [-0.15, -0.1) is 0 Å². The van der Waals surface area contributed by atoms with Gasteiger partial charge in [-0.1, -0.05) is 20.3 Å². The average molecular weight is 148 g/mol. The largest absolute Gasteiger partial charge is 0.328 e. The van der Waals surface area contributed by atoms with Crippen molar-refractivity contribution in [3.63, 3.8) is 0 Å². The van der Waals surface area contributed by atoms with Gasteiger partial charge >= 0.3 is 0 Å². The van der Waals surface area contributed by atoms with Crippen LogP contribution in [0.15, 0.2) is 0 Å². The molecule has 0 saturated carbocycles. The third-order valence-corrected chi connectivity index (χ3v) is 1.21. The number of rotatable bonds is 0. The minimum Gasteiger partial charge on any atom is -0.328 e. The van der Waals surface area contributed by atoms with E-state index in [-0.39, 0.29) is 2.85 Å². The molecule has 3 N–H and O–H groups in total. The maximum Gasteiger partial charge on any atom is 0 e. The van der Waals surface area contributed by atoms with Crippen molar-refractivity contribution >= 4 is 0 Å². The topological polar surface area (TPSA) is 38.0 Å². The number of nitrogens with two attached hydrogens (primary N) is 1. The first-order valence-electron chi connectivity index (χ1n) is 4.20. The second-order valence-corrected chi connectivity index (χ2v) is 3.05. The van der Waals surface area contributed by atoms with Gasteiger partial charge in [-0.05, 0) is 32.0 Å². The zero-order chi connectivity index (χ0) is 7.82. The predicted octanol–water partition coefficient (Wildman–Crippen LogP) is 1.61. The normalized spacial score (nSPS) is 18.0. The summed E-state index contributed by atoms with van der Waals surface area (Å²) in [5.74, 6) is 0. The monoisotopic (exact) mass is 148 g/mol. The Morgan fingerprint density at radius 3 is 1.70 bits per heavy atom. The van der Waals surface area contributed by atoms with E-state index < -0.39 is 0 Å². The fourth-order valence-electron chi connectivity index (χ4n) is 0.802. The van der Waals surface area contributed by atoms with Gasteiger partial charge in [0.1, 0.15) is 0 Å². The number of hydrogen-bond acceptors (Lipinski definition) is 2. The molecule has 0 atom stereocenters. The van der Waals surface area contributed by atoms with Gasteiger partial charge in [0.25, 0.3) is 0 Å². The third-order valence-electron chi connectivity index (χ3n) is 1.21. The highest BCUT2D eigenvalue weighted by Gasteiger charge is 1.93. The molecule has 0 spiro atoms. The molecule has 0 aliphatic carbocycles. The van der Waals surface area contributed by atoms with Crippen molar-refractivity contribution < 1.29 is 2.85 Å². The minimum atomic E-state index is 0. The predicted molar refractivity (Wildman–Crippen MR) is 50.3 cm³/mol. The van der Waals surface area contributed by atoms with E-state index in [1.165, 1.54) is 32.4 Å². The van der Waals surface area contributed by atoms with Crippen LogP contribution in [-0.4, -0.2) is 19.1 Å². The minimum absolute atomic E-state index is 0. The quantitative estimate of drug-likeness (QED) is 0.547. The summed E-state index contributed by atoms with van der Waals surface area (Å²) in [6, 6.07) is 0.333. The van der Waals surface area contributed by atoms with Gasteiger partial charge in [-0.25, -0.2) is 0 Å².